The molecule has 6 heteroatoms. The molecule has 0 spiro atoms. The van der Waals surface area contributed by atoms with Crippen molar-refractivity contribution in [3.05, 3.63) is 156 Å². The van der Waals surface area contributed by atoms with Crippen LogP contribution in [0.3, 0.4) is 0 Å². The van der Waals surface area contributed by atoms with Crippen LogP contribution in [0, 0.1) is 12.4 Å². The second kappa shape index (κ2) is 16.1. The average Bonchev–Trinajstić information content (AvgIpc) is 3.71. The van der Waals surface area contributed by atoms with Crippen LogP contribution >= 0.6 is 0 Å². The number of para-hydroxylation sites is 4. The average molecular weight is 880 g/mol. The van der Waals surface area contributed by atoms with Gasteiger partial charge in [-0.25, -0.2) is 4.98 Å². The topological polar surface area (TPSA) is 39.5 Å². The van der Waals surface area contributed by atoms with Crippen molar-refractivity contribution in [2.45, 2.75) is 79.1 Å². The maximum absolute atomic E-state index is 4.75. The number of imidazole rings is 1. The Morgan fingerprint density at radius 2 is 1.15 bits per heavy atom. The first kappa shape index (κ1) is 37.9. The van der Waals surface area contributed by atoms with Crippen LogP contribution in [0.1, 0.15) is 101 Å². The van der Waals surface area contributed by atoms with Crippen LogP contribution in [0.2, 0.25) is 0 Å². The van der Waals surface area contributed by atoms with E-state index in [1.54, 1.807) is 6.33 Å². The number of hydrogen-bond acceptors (Lipinski definition) is 2. The molecule has 1 radical (unpaired) electrons. The quantitative estimate of drug-likeness (QED) is 0.0909. The van der Waals surface area contributed by atoms with E-state index >= 15 is 0 Å². The first-order valence-electron chi connectivity index (χ1n) is 18.5. The Bertz CT molecular complexity index is 2280. The first-order valence-corrected chi connectivity index (χ1v) is 18.5. The first-order chi connectivity index (χ1) is 25.2. The number of fused-ring (bicyclic) bond motifs is 4. The molecule has 0 saturated heterocycles. The van der Waals surface area contributed by atoms with Gasteiger partial charge >= 0.3 is 0 Å². The number of aromatic nitrogens is 5. The predicted octanol–water partition coefficient (Wildman–Crippen LogP) is 11.6. The minimum absolute atomic E-state index is 0. The van der Waals surface area contributed by atoms with Gasteiger partial charge < -0.3 is 9.13 Å². The Kier molecular flexibility index (Phi) is 11.5. The molecule has 8 aromatic rings. The molecule has 0 fully saturated rings. The van der Waals surface area contributed by atoms with Gasteiger partial charge in [-0.1, -0.05) is 134 Å². The molecular weight excluding hydrogens is 832 g/mol. The molecule has 5 aromatic carbocycles. The van der Waals surface area contributed by atoms with E-state index in [9.17, 15) is 0 Å². The van der Waals surface area contributed by atoms with Gasteiger partial charge in [0.25, 0.3) is 0 Å². The number of nitrogens with zero attached hydrogens (tertiary/aromatic N) is 5. The van der Waals surface area contributed by atoms with E-state index in [0.717, 1.165) is 11.2 Å². The molecule has 0 aliphatic carbocycles. The van der Waals surface area contributed by atoms with E-state index in [2.05, 4.69) is 184 Å². The molecule has 0 atom stereocenters. The molecule has 0 aliphatic heterocycles. The zero-order valence-corrected chi connectivity index (χ0v) is 34.1. The standard InChI is InChI=1S/C29H36N4.C18H12N.Au/c1-18(2)22-11-9-12-23(19(3)4)27(22)32-17-33(29-26(32)15-30-16-31-29)28-24(20(5)6)13-10-14-25(28)21(7)8;1-2-8-14(9-3-1)19-17-12-6-4-10-15(17)16-11-5-7-13-18(16)19;/h9-16,18-21H,1-8H3;1-4,6-13H;/q;-1;. The third kappa shape index (κ3) is 7.14. The second-order valence-corrected chi connectivity index (χ2v) is 14.8. The van der Waals surface area contributed by atoms with E-state index in [-0.39, 0.29) is 22.4 Å². The van der Waals surface area contributed by atoms with Gasteiger partial charge in [-0.15, -0.1) is 16.4 Å². The molecule has 53 heavy (non-hydrogen) atoms. The summed E-state index contributed by atoms with van der Waals surface area (Å²) in [6.45, 7) is 18.0. The molecule has 3 aromatic heterocycles. The molecule has 0 amide bonds. The molecule has 273 valence electrons. The Balaban J connectivity index is 0.000000203. The van der Waals surface area contributed by atoms with Gasteiger partial charge in [0, 0.05) is 51.2 Å². The molecule has 8 rings (SSSR count). The summed E-state index contributed by atoms with van der Waals surface area (Å²) in [6, 6.07) is 41.6. The number of hydrogen-bond donors (Lipinski definition) is 0. The third-order valence-electron chi connectivity index (χ3n) is 9.99. The summed E-state index contributed by atoms with van der Waals surface area (Å²) in [5.74, 6) is 1.54. The molecule has 0 bridgehead atoms. The van der Waals surface area contributed by atoms with E-state index in [1.807, 2.05) is 18.3 Å². The summed E-state index contributed by atoms with van der Waals surface area (Å²) in [6.07, 6.45) is 7.30. The maximum atomic E-state index is 4.75. The van der Waals surface area contributed by atoms with E-state index in [0.29, 0.717) is 23.7 Å². The van der Waals surface area contributed by atoms with Gasteiger partial charge in [0.15, 0.2) is 12.7 Å². The molecule has 0 aliphatic rings. The minimum atomic E-state index is 0. The van der Waals surface area contributed by atoms with Crippen molar-refractivity contribution in [1.29, 1.82) is 0 Å². The predicted molar refractivity (Wildman–Crippen MR) is 215 cm³/mol. The largest absolute Gasteiger partial charge is 0.334 e. The van der Waals surface area contributed by atoms with Crippen LogP contribution in [-0.2, 0) is 22.4 Å². The van der Waals surface area contributed by atoms with Gasteiger partial charge in [-0.3, -0.25) is 4.57 Å². The molecule has 0 unspecified atom stereocenters. The summed E-state index contributed by atoms with van der Waals surface area (Å²) < 4.78 is 6.67. The Morgan fingerprint density at radius 1 is 0.585 bits per heavy atom. The van der Waals surface area contributed by atoms with Crippen LogP contribution in [-0.4, -0.2) is 19.1 Å². The van der Waals surface area contributed by atoms with Crippen LogP contribution in [0.15, 0.2) is 122 Å². The van der Waals surface area contributed by atoms with Gasteiger partial charge in [-0.2, -0.15) is 18.2 Å². The van der Waals surface area contributed by atoms with Crippen LogP contribution < -0.4 is 4.57 Å². The van der Waals surface area contributed by atoms with Crippen LogP contribution in [0.25, 0.3) is 50.0 Å². The smallest absolute Gasteiger partial charge is 0.211 e. The summed E-state index contributed by atoms with van der Waals surface area (Å²) >= 11 is 0. The monoisotopic (exact) mass is 879 g/mol. The van der Waals surface area contributed by atoms with Crippen molar-refractivity contribution in [3.8, 4) is 17.1 Å². The summed E-state index contributed by atoms with van der Waals surface area (Å²) in [5.41, 5.74) is 13.1. The van der Waals surface area contributed by atoms with Crippen molar-refractivity contribution >= 4 is 33.0 Å². The van der Waals surface area contributed by atoms with E-state index in [4.69, 9.17) is 4.98 Å². The van der Waals surface area contributed by atoms with Gasteiger partial charge in [0.1, 0.15) is 0 Å². The maximum Gasteiger partial charge on any atom is 0.211 e. The van der Waals surface area contributed by atoms with Crippen molar-refractivity contribution in [1.82, 2.24) is 19.1 Å². The fourth-order valence-corrected chi connectivity index (χ4v) is 7.43. The number of rotatable bonds is 7. The van der Waals surface area contributed by atoms with Gasteiger partial charge in [0.05, 0.1) is 5.52 Å². The van der Waals surface area contributed by atoms with Crippen molar-refractivity contribution < 1.29 is 26.9 Å². The normalized spacial score (nSPS) is 11.5. The summed E-state index contributed by atoms with van der Waals surface area (Å²) in [4.78, 5) is 9.16. The molecule has 5 nitrogen and oxygen atoms in total. The fourth-order valence-electron chi connectivity index (χ4n) is 7.43. The van der Waals surface area contributed by atoms with Gasteiger partial charge in [-0.05, 0) is 69.5 Å². The summed E-state index contributed by atoms with van der Waals surface area (Å²) in [7, 11) is 0. The molecule has 0 N–H and O–H groups in total. The van der Waals surface area contributed by atoms with Crippen molar-refractivity contribution in [3.63, 3.8) is 0 Å². The van der Waals surface area contributed by atoms with Crippen LogP contribution in [0.5, 0.6) is 0 Å². The molecule has 3 heterocycles. The van der Waals surface area contributed by atoms with E-state index in [1.165, 1.54) is 61.1 Å². The van der Waals surface area contributed by atoms with Gasteiger partial charge in [0.2, 0.25) is 5.65 Å². The zero-order valence-electron chi connectivity index (χ0n) is 31.9. The second-order valence-electron chi connectivity index (χ2n) is 14.8. The van der Waals surface area contributed by atoms with E-state index < -0.39 is 0 Å². The number of benzene rings is 5. The molecule has 0 saturated carbocycles. The molecular formula is C47H48AuN5-. The third-order valence-corrected chi connectivity index (χ3v) is 9.99. The summed E-state index contributed by atoms with van der Waals surface area (Å²) in [5, 5.41) is 2.53. The van der Waals surface area contributed by atoms with Crippen LogP contribution in [0.4, 0.5) is 0 Å². The van der Waals surface area contributed by atoms with Crippen molar-refractivity contribution in [2.24, 2.45) is 0 Å². The zero-order chi connectivity index (χ0) is 36.5. The Hall–Kier alpha value is -4.81. The van der Waals surface area contributed by atoms with Crippen molar-refractivity contribution in [2.75, 3.05) is 0 Å². The SMILES string of the molecule is CC(C)c1cccc(C(C)C)c1-n1[c-][n+](-c2c(C(C)C)cccc2C(C)C)c2ncncc21.[Au].[c-]1ccc2c(c1)c1ccccc1n2-c1ccccc1. The Labute approximate surface area is 329 Å². The Morgan fingerprint density at radius 3 is 1.77 bits per heavy atom. The fraction of sp³-hybridized carbons (Fsp3) is 0.255. The minimum Gasteiger partial charge on any atom is -0.334 e.